The Morgan fingerprint density at radius 2 is 2.25 bits per heavy atom. The maximum atomic E-state index is 11.4. The molecule has 1 heterocycles. The number of hydrogen-bond donors (Lipinski definition) is 1. The van der Waals surface area contributed by atoms with Crippen LogP contribution in [0.5, 0.6) is 0 Å². The normalized spacial score (nSPS) is 32.0. The Labute approximate surface area is 102 Å². The summed E-state index contributed by atoms with van der Waals surface area (Å²) in [5, 5.41) is 3.90. The maximum absolute atomic E-state index is 11.4. The van der Waals surface area contributed by atoms with Crippen LogP contribution in [0, 0.1) is 0 Å². The second-order valence-electron chi connectivity index (χ2n) is 5.24. The van der Waals surface area contributed by atoms with E-state index in [9.17, 15) is 4.21 Å². The third-order valence-electron chi connectivity index (χ3n) is 3.64. The fourth-order valence-corrected chi connectivity index (χ4v) is 2.60. The van der Waals surface area contributed by atoms with Gasteiger partial charge in [-0.3, -0.25) is 4.21 Å². The van der Waals surface area contributed by atoms with Crippen molar-refractivity contribution < 1.29 is 4.21 Å². The second kappa shape index (κ2) is 6.12. The molecule has 0 aromatic heterocycles. The Morgan fingerprint density at radius 1 is 1.56 bits per heavy atom. The molecule has 0 aromatic carbocycles. The predicted molar refractivity (Wildman–Crippen MR) is 71.3 cm³/mol. The summed E-state index contributed by atoms with van der Waals surface area (Å²) in [5.41, 5.74) is 0.228. The lowest BCUT2D eigenvalue weighted by Gasteiger charge is -2.33. The molecule has 1 saturated heterocycles. The summed E-state index contributed by atoms with van der Waals surface area (Å²) in [6.07, 6.45) is 4.14. The van der Waals surface area contributed by atoms with Gasteiger partial charge in [0.2, 0.25) is 0 Å². The topological polar surface area (TPSA) is 32.3 Å². The Kier molecular flexibility index (Phi) is 5.41. The lowest BCUT2D eigenvalue weighted by atomic mass is 9.98. The largest absolute Gasteiger partial charge is 0.310 e. The first-order chi connectivity index (χ1) is 7.47. The Balaban J connectivity index is 2.55. The standard InChI is InChI=1S/C12H26N2OS/c1-5-12(3)10-14(8-6-7-13-12)9-11(2)16(4)15/h11,13H,5-10H2,1-4H3. The van der Waals surface area contributed by atoms with Crippen molar-refractivity contribution in [1.82, 2.24) is 10.2 Å². The highest BCUT2D eigenvalue weighted by Crippen LogP contribution is 2.15. The van der Waals surface area contributed by atoms with Crippen LogP contribution in [-0.2, 0) is 10.8 Å². The maximum Gasteiger partial charge on any atom is 0.0444 e. The smallest absolute Gasteiger partial charge is 0.0444 e. The van der Waals surface area contributed by atoms with E-state index in [1.54, 1.807) is 6.26 Å². The van der Waals surface area contributed by atoms with Crippen molar-refractivity contribution in [3.05, 3.63) is 0 Å². The van der Waals surface area contributed by atoms with Crippen molar-refractivity contribution in [1.29, 1.82) is 0 Å². The van der Waals surface area contributed by atoms with Crippen LogP contribution in [0.15, 0.2) is 0 Å². The molecule has 1 rings (SSSR count). The zero-order chi connectivity index (χ0) is 12.2. The average Bonchev–Trinajstić information content (AvgIpc) is 2.41. The summed E-state index contributed by atoms with van der Waals surface area (Å²) in [7, 11) is -0.706. The van der Waals surface area contributed by atoms with Gasteiger partial charge in [-0.2, -0.15) is 0 Å². The minimum absolute atomic E-state index is 0.228. The molecule has 3 nitrogen and oxygen atoms in total. The third kappa shape index (κ3) is 4.15. The highest BCUT2D eigenvalue weighted by molar-refractivity contribution is 7.84. The van der Waals surface area contributed by atoms with Gasteiger partial charge >= 0.3 is 0 Å². The third-order valence-corrected chi connectivity index (χ3v) is 4.92. The van der Waals surface area contributed by atoms with Crippen molar-refractivity contribution in [2.24, 2.45) is 0 Å². The quantitative estimate of drug-likeness (QED) is 0.809. The van der Waals surface area contributed by atoms with Crippen LogP contribution in [0.4, 0.5) is 0 Å². The molecule has 16 heavy (non-hydrogen) atoms. The molecule has 0 aliphatic carbocycles. The van der Waals surface area contributed by atoms with Gasteiger partial charge in [0.15, 0.2) is 0 Å². The number of rotatable bonds is 4. The fraction of sp³-hybridized carbons (Fsp3) is 1.00. The van der Waals surface area contributed by atoms with Crippen LogP contribution in [0.3, 0.4) is 0 Å². The van der Waals surface area contributed by atoms with Crippen molar-refractivity contribution in [3.63, 3.8) is 0 Å². The second-order valence-corrected chi connectivity index (χ2v) is 7.04. The zero-order valence-corrected chi connectivity index (χ0v) is 11.9. The highest BCUT2D eigenvalue weighted by atomic mass is 32.2. The van der Waals surface area contributed by atoms with Crippen molar-refractivity contribution >= 4 is 10.8 Å². The van der Waals surface area contributed by atoms with Gasteiger partial charge in [0, 0.05) is 40.9 Å². The Hall–Kier alpha value is 0.0700. The molecule has 3 atom stereocenters. The highest BCUT2D eigenvalue weighted by Gasteiger charge is 2.27. The monoisotopic (exact) mass is 246 g/mol. The van der Waals surface area contributed by atoms with Gasteiger partial charge in [0.1, 0.15) is 0 Å². The lowest BCUT2D eigenvalue weighted by molar-refractivity contribution is 0.217. The number of nitrogens with zero attached hydrogens (tertiary/aromatic N) is 1. The van der Waals surface area contributed by atoms with E-state index in [1.807, 2.05) is 0 Å². The Morgan fingerprint density at radius 3 is 2.81 bits per heavy atom. The van der Waals surface area contributed by atoms with E-state index < -0.39 is 10.8 Å². The molecule has 3 unspecified atom stereocenters. The molecule has 0 aromatic rings. The summed E-state index contributed by atoms with van der Waals surface area (Å²) < 4.78 is 11.4. The molecular formula is C12H26N2OS. The summed E-state index contributed by atoms with van der Waals surface area (Å²) in [4.78, 5) is 2.47. The van der Waals surface area contributed by atoms with Gasteiger partial charge < -0.3 is 10.2 Å². The van der Waals surface area contributed by atoms with E-state index >= 15 is 0 Å². The van der Waals surface area contributed by atoms with Gasteiger partial charge in [-0.15, -0.1) is 0 Å². The lowest BCUT2D eigenvalue weighted by Crippen LogP contribution is -2.49. The van der Waals surface area contributed by atoms with E-state index in [-0.39, 0.29) is 10.8 Å². The predicted octanol–water partition coefficient (Wildman–Crippen LogP) is 1.22. The molecule has 0 saturated carbocycles. The molecule has 0 radical (unpaired) electrons. The van der Waals surface area contributed by atoms with Crippen LogP contribution >= 0.6 is 0 Å². The minimum Gasteiger partial charge on any atom is -0.310 e. The van der Waals surface area contributed by atoms with E-state index in [0.29, 0.717) is 0 Å². The minimum atomic E-state index is -0.706. The molecule has 1 N–H and O–H groups in total. The molecule has 1 aliphatic heterocycles. The van der Waals surface area contributed by atoms with Gasteiger partial charge in [0.25, 0.3) is 0 Å². The van der Waals surface area contributed by atoms with E-state index in [2.05, 4.69) is 31.0 Å². The van der Waals surface area contributed by atoms with E-state index in [1.165, 1.54) is 6.42 Å². The van der Waals surface area contributed by atoms with Gasteiger partial charge in [0.05, 0.1) is 0 Å². The summed E-state index contributed by atoms with van der Waals surface area (Å²) in [6, 6.07) is 0. The fourth-order valence-electron chi connectivity index (χ4n) is 2.18. The van der Waals surface area contributed by atoms with Crippen LogP contribution in [0.1, 0.15) is 33.6 Å². The molecular weight excluding hydrogens is 220 g/mol. The molecule has 0 spiro atoms. The summed E-state index contributed by atoms with van der Waals surface area (Å²) in [6.45, 7) is 10.9. The van der Waals surface area contributed by atoms with Gasteiger partial charge in [-0.05, 0) is 39.8 Å². The van der Waals surface area contributed by atoms with Crippen LogP contribution in [0.25, 0.3) is 0 Å². The molecule has 0 bridgehead atoms. The number of hydrogen-bond acceptors (Lipinski definition) is 3. The molecule has 1 aliphatic rings. The van der Waals surface area contributed by atoms with Crippen LogP contribution < -0.4 is 5.32 Å². The van der Waals surface area contributed by atoms with Gasteiger partial charge in [-0.1, -0.05) is 6.92 Å². The Bertz CT molecular complexity index is 247. The van der Waals surface area contributed by atoms with Crippen molar-refractivity contribution in [2.75, 3.05) is 32.4 Å². The first-order valence-corrected chi connectivity index (χ1v) is 7.88. The van der Waals surface area contributed by atoms with Crippen LogP contribution in [-0.4, -0.2) is 52.3 Å². The molecule has 96 valence electrons. The SMILES string of the molecule is CCC1(C)CN(CC(C)S(C)=O)CCCN1. The number of nitrogens with one attached hydrogen (secondary N) is 1. The van der Waals surface area contributed by atoms with Crippen molar-refractivity contribution in [3.8, 4) is 0 Å². The summed E-state index contributed by atoms with van der Waals surface area (Å²) in [5.74, 6) is 0. The zero-order valence-electron chi connectivity index (χ0n) is 11.1. The first-order valence-electron chi connectivity index (χ1n) is 6.26. The van der Waals surface area contributed by atoms with Gasteiger partial charge in [-0.25, -0.2) is 0 Å². The average molecular weight is 246 g/mol. The van der Waals surface area contributed by atoms with E-state index in [4.69, 9.17) is 0 Å². The first kappa shape index (κ1) is 14.1. The van der Waals surface area contributed by atoms with Crippen molar-refractivity contribution in [2.45, 2.75) is 44.4 Å². The van der Waals surface area contributed by atoms with Crippen LogP contribution in [0.2, 0.25) is 0 Å². The summed E-state index contributed by atoms with van der Waals surface area (Å²) >= 11 is 0. The molecule has 1 fully saturated rings. The molecule has 4 heteroatoms. The van der Waals surface area contributed by atoms with E-state index in [0.717, 1.165) is 32.6 Å². The molecule has 0 amide bonds.